The number of ether oxygens (including phenoxy) is 2. The standard InChI is InChI=1S/C12H14F3NO3/c1-8(19-11(17)16-2)7-18-10-5-3-4-9(6-10)12(13,14)15/h3-6,8H,7H2,1-2H3,(H,16,17). The molecule has 0 bridgehead atoms. The lowest BCUT2D eigenvalue weighted by molar-refractivity contribution is -0.137. The number of hydrogen-bond acceptors (Lipinski definition) is 3. The zero-order valence-corrected chi connectivity index (χ0v) is 10.5. The first-order valence-electron chi connectivity index (χ1n) is 5.51. The summed E-state index contributed by atoms with van der Waals surface area (Å²) < 4.78 is 47.3. The maximum atomic E-state index is 12.5. The molecule has 0 radical (unpaired) electrons. The number of alkyl carbamates (subject to hydrolysis) is 1. The Morgan fingerprint density at radius 3 is 2.68 bits per heavy atom. The van der Waals surface area contributed by atoms with Crippen molar-refractivity contribution in [1.82, 2.24) is 5.32 Å². The lowest BCUT2D eigenvalue weighted by atomic mass is 10.2. The van der Waals surface area contributed by atoms with Crippen molar-refractivity contribution in [2.24, 2.45) is 0 Å². The van der Waals surface area contributed by atoms with Crippen LogP contribution in [0.15, 0.2) is 24.3 Å². The van der Waals surface area contributed by atoms with Crippen LogP contribution < -0.4 is 10.1 Å². The molecule has 1 aromatic carbocycles. The maximum Gasteiger partial charge on any atom is 0.416 e. The van der Waals surface area contributed by atoms with Crippen LogP contribution in [0.4, 0.5) is 18.0 Å². The fourth-order valence-electron chi connectivity index (χ4n) is 1.25. The minimum absolute atomic E-state index is 0.0330. The van der Waals surface area contributed by atoms with Crippen molar-refractivity contribution in [3.8, 4) is 5.75 Å². The van der Waals surface area contributed by atoms with Crippen molar-refractivity contribution < 1.29 is 27.4 Å². The molecule has 4 nitrogen and oxygen atoms in total. The van der Waals surface area contributed by atoms with E-state index >= 15 is 0 Å². The monoisotopic (exact) mass is 277 g/mol. The summed E-state index contributed by atoms with van der Waals surface area (Å²) in [5.41, 5.74) is -0.787. The van der Waals surface area contributed by atoms with Gasteiger partial charge >= 0.3 is 12.3 Å². The number of amides is 1. The van der Waals surface area contributed by atoms with Crippen LogP contribution in [-0.4, -0.2) is 25.9 Å². The van der Waals surface area contributed by atoms with Gasteiger partial charge in [0.1, 0.15) is 18.5 Å². The average molecular weight is 277 g/mol. The molecule has 1 rings (SSSR count). The van der Waals surface area contributed by atoms with Gasteiger partial charge in [0.2, 0.25) is 0 Å². The lowest BCUT2D eigenvalue weighted by Gasteiger charge is -2.15. The minimum Gasteiger partial charge on any atom is -0.490 e. The molecule has 19 heavy (non-hydrogen) atoms. The van der Waals surface area contributed by atoms with Crippen LogP contribution in [0.25, 0.3) is 0 Å². The van der Waals surface area contributed by atoms with Crippen LogP contribution in [0.3, 0.4) is 0 Å². The molecule has 7 heteroatoms. The predicted octanol–water partition coefficient (Wildman–Crippen LogP) is 2.83. The van der Waals surface area contributed by atoms with Crippen molar-refractivity contribution in [3.63, 3.8) is 0 Å². The van der Waals surface area contributed by atoms with Gasteiger partial charge in [-0.15, -0.1) is 0 Å². The van der Waals surface area contributed by atoms with Gasteiger partial charge in [-0.05, 0) is 25.1 Å². The molecule has 106 valence electrons. The van der Waals surface area contributed by atoms with Gasteiger partial charge in [0.05, 0.1) is 5.56 Å². The largest absolute Gasteiger partial charge is 0.490 e. The third-order valence-electron chi connectivity index (χ3n) is 2.16. The second kappa shape index (κ2) is 6.31. The highest BCUT2D eigenvalue weighted by Gasteiger charge is 2.30. The van der Waals surface area contributed by atoms with E-state index in [1.807, 2.05) is 0 Å². The van der Waals surface area contributed by atoms with Gasteiger partial charge in [0.25, 0.3) is 0 Å². The van der Waals surface area contributed by atoms with Crippen molar-refractivity contribution in [3.05, 3.63) is 29.8 Å². The molecule has 0 spiro atoms. The molecule has 0 fully saturated rings. The summed E-state index contributed by atoms with van der Waals surface area (Å²) >= 11 is 0. The van der Waals surface area contributed by atoms with E-state index in [2.05, 4.69) is 5.32 Å². The van der Waals surface area contributed by atoms with E-state index in [1.54, 1.807) is 6.92 Å². The minimum atomic E-state index is -4.41. The molecule has 0 aliphatic carbocycles. The summed E-state index contributed by atoms with van der Waals surface area (Å²) in [6.45, 7) is 1.54. The smallest absolute Gasteiger partial charge is 0.416 e. The van der Waals surface area contributed by atoms with E-state index < -0.39 is 23.9 Å². The average Bonchev–Trinajstić information content (AvgIpc) is 2.35. The van der Waals surface area contributed by atoms with E-state index in [4.69, 9.17) is 9.47 Å². The first-order chi connectivity index (χ1) is 8.82. The van der Waals surface area contributed by atoms with Crippen LogP contribution in [0, 0.1) is 0 Å². The summed E-state index contributed by atoms with van der Waals surface area (Å²) in [5, 5.41) is 2.26. The Morgan fingerprint density at radius 2 is 2.11 bits per heavy atom. The third-order valence-corrected chi connectivity index (χ3v) is 2.16. The normalized spacial score (nSPS) is 12.7. The van der Waals surface area contributed by atoms with Crippen LogP contribution in [0.2, 0.25) is 0 Å². The fourth-order valence-corrected chi connectivity index (χ4v) is 1.25. The molecule has 0 aliphatic rings. The first-order valence-corrected chi connectivity index (χ1v) is 5.51. The van der Waals surface area contributed by atoms with E-state index in [0.29, 0.717) is 0 Å². The van der Waals surface area contributed by atoms with Crippen LogP contribution in [0.5, 0.6) is 5.75 Å². The molecule has 1 amide bonds. The Balaban J connectivity index is 2.56. The third kappa shape index (κ3) is 5.07. The molecule has 0 aliphatic heterocycles. The molecule has 1 aromatic rings. The Labute approximate surface area is 108 Å². The molecule has 0 heterocycles. The van der Waals surface area contributed by atoms with E-state index in [1.165, 1.54) is 19.2 Å². The predicted molar refractivity (Wildman–Crippen MR) is 61.9 cm³/mol. The highest BCUT2D eigenvalue weighted by atomic mass is 19.4. The van der Waals surface area contributed by atoms with Gasteiger partial charge in [0, 0.05) is 7.05 Å². The number of carbonyl (C=O) groups is 1. The van der Waals surface area contributed by atoms with E-state index in [9.17, 15) is 18.0 Å². The molecule has 0 saturated heterocycles. The molecular formula is C12H14F3NO3. The Morgan fingerprint density at radius 1 is 1.42 bits per heavy atom. The van der Waals surface area contributed by atoms with Gasteiger partial charge in [-0.3, -0.25) is 0 Å². The number of alkyl halides is 3. The van der Waals surface area contributed by atoms with Crippen LogP contribution >= 0.6 is 0 Å². The quantitative estimate of drug-likeness (QED) is 0.920. The Bertz CT molecular complexity index is 434. The Kier molecular flexibility index (Phi) is 5.02. The number of carbonyl (C=O) groups excluding carboxylic acids is 1. The number of halogens is 3. The SMILES string of the molecule is CNC(=O)OC(C)COc1cccc(C(F)(F)F)c1. The number of benzene rings is 1. The zero-order valence-electron chi connectivity index (χ0n) is 10.5. The number of rotatable bonds is 4. The molecule has 1 unspecified atom stereocenters. The van der Waals surface area contributed by atoms with Crippen molar-refractivity contribution in [2.75, 3.05) is 13.7 Å². The zero-order chi connectivity index (χ0) is 14.5. The maximum absolute atomic E-state index is 12.5. The second-order valence-electron chi connectivity index (χ2n) is 3.80. The first kappa shape index (κ1) is 15.1. The Hall–Kier alpha value is -1.92. The van der Waals surface area contributed by atoms with Gasteiger partial charge < -0.3 is 14.8 Å². The van der Waals surface area contributed by atoms with Crippen molar-refractivity contribution in [2.45, 2.75) is 19.2 Å². The topological polar surface area (TPSA) is 47.6 Å². The molecule has 1 atom stereocenters. The molecule has 0 saturated carbocycles. The van der Waals surface area contributed by atoms with Crippen molar-refractivity contribution >= 4 is 6.09 Å². The van der Waals surface area contributed by atoms with E-state index in [-0.39, 0.29) is 12.4 Å². The summed E-state index contributed by atoms with van der Waals surface area (Å²) in [7, 11) is 1.41. The lowest BCUT2D eigenvalue weighted by Crippen LogP contribution is -2.28. The highest BCUT2D eigenvalue weighted by molar-refractivity contribution is 5.66. The van der Waals surface area contributed by atoms with Gasteiger partial charge in [-0.2, -0.15) is 13.2 Å². The van der Waals surface area contributed by atoms with Crippen LogP contribution in [-0.2, 0) is 10.9 Å². The van der Waals surface area contributed by atoms with Gasteiger partial charge in [0.15, 0.2) is 0 Å². The fraction of sp³-hybridized carbons (Fsp3) is 0.417. The van der Waals surface area contributed by atoms with E-state index in [0.717, 1.165) is 12.1 Å². The molecular weight excluding hydrogens is 263 g/mol. The second-order valence-corrected chi connectivity index (χ2v) is 3.80. The summed E-state index contributed by atoms with van der Waals surface area (Å²) in [6, 6.07) is 4.51. The highest BCUT2D eigenvalue weighted by Crippen LogP contribution is 2.31. The summed E-state index contributed by atoms with van der Waals surface area (Å²) in [5.74, 6) is 0.0715. The summed E-state index contributed by atoms with van der Waals surface area (Å²) in [4.78, 5) is 10.9. The number of hydrogen-bond donors (Lipinski definition) is 1. The van der Waals surface area contributed by atoms with Gasteiger partial charge in [-0.1, -0.05) is 6.07 Å². The molecule has 1 N–H and O–H groups in total. The van der Waals surface area contributed by atoms with Crippen molar-refractivity contribution in [1.29, 1.82) is 0 Å². The molecule has 0 aromatic heterocycles. The summed E-state index contributed by atoms with van der Waals surface area (Å²) in [6.07, 6.45) is -5.61. The number of nitrogens with one attached hydrogen (secondary N) is 1. The van der Waals surface area contributed by atoms with Crippen LogP contribution in [0.1, 0.15) is 12.5 Å². The van der Waals surface area contributed by atoms with Gasteiger partial charge in [-0.25, -0.2) is 4.79 Å².